The summed E-state index contributed by atoms with van der Waals surface area (Å²) in [6, 6.07) is 9.03. The van der Waals surface area contributed by atoms with Crippen LogP contribution in [0.15, 0.2) is 29.3 Å². The van der Waals surface area contributed by atoms with Crippen LogP contribution in [0.4, 0.5) is 0 Å². The lowest BCUT2D eigenvalue weighted by atomic mass is 10.1. The van der Waals surface area contributed by atoms with E-state index in [1.165, 1.54) is 0 Å². The van der Waals surface area contributed by atoms with Crippen LogP contribution < -0.4 is 0 Å². The van der Waals surface area contributed by atoms with Crippen molar-refractivity contribution < 1.29 is 4.79 Å². The van der Waals surface area contributed by atoms with E-state index in [1.54, 1.807) is 24.3 Å². The van der Waals surface area contributed by atoms with Crippen molar-refractivity contribution in [2.45, 2.75) is 6.42 Å². The van der Waals surface area contributed by atoms with Crippen LogP contribution >= 0.6 is 11.6 Å². The molecule has 0 unspecified atom stereocenters. The predicted octanol–water partition coefficient (Wildman–Crippen LogP) is 2.24. The Morgan fingerprint density at radius 2 is 2.13 bits per heavy atom. The summed E-state index contributed by atoms with van der Waals surface area (Å²) in [5.74, 6) is 0. The monoisotopic (exact) mass is 220 g/mol. The van der Waals surface area contributed by atoms with Crippen molar-refractivity contribution in [1.82, 2.24) is 0 Å². The third-order valence-electron chi connectivity index (χ3n) is 1.78. The summed E-state index contributed by atoms with van der Waals surface area (Å²) < 4.78 is 0. The second-order valence-corrected chi connectivity index (χ2v) is 3.23. The SMILES string of the molecule is N#CCC(=NCC=O)c1ccc(Cl)cc1. The Kier molecular flexibility index (Phi) is 4.52. The second-order valence-electron chi connectivity index (χ2n) is 2.80. The molecule has 0 radical (unpaired) electrons. The van der Waals surface area contributed by atoms with Gasteiger partial charge in [-0.2, -0.15) is 5.26 Å². The van der Waals surface area contributed by atoms with Gasteiger partial charge < -0.3 is 4.79 Å². The minimum absolute atomic E-state index is 0.0830. The number of carbonyl (C=O) groups excluding carboxylic acids is 1. The Bertz CT molecular complexity index is 404. The summed E-state index contributed by atoms with van der Waals surface area (Å²) in [5, 5.41) is 9.24. The number of carbonyl (C=O) groups is 1. The van der Waals surface area contributed by atoms with Crippen molar-refractivity contribution in [2.75, 3.05) is 6.54 Å². The van der Waals surface area contributed by atoms with Gasteiger partial charge in [0.2, 0.25) is 0 Å². The Balaban J connectivity index is 2.94. The molecule has 1 aromatic carbocycles. The van der Waals surface area contributed by atoms with Crippen LogP contribution in [-0.4, -0.2) is 18.5 Å². The van der Waals surface area contributed by atoms with E-state index in [-0.39, 0.29) is 13.0 Å². The summed E-state index contributed by atoms with van der Waals surface area (Å²) in [6.07, 6.45) is 0.892. The lowest BCUT2D eigenvalue weighted by Crippen LogP contribution is -2.01. The molecule has 0 fully saturated rings. The molecule has 0 atom stereocenters. The molecule has 4 heteroatoms. The highest BCUT2D eigenvalue weighted by Gasteiger charge is 2.02. The van der Waals surface area contributed by atoms with E-state index in [1.807, 2.05) is 6.07 Å². The summed E-state index contributed by atoms with van der Waals surface area (Å²) in [4.78, 5) is 14.2. The zero-order valence-corrected chi connectivity index (χ0v) is 8.74. The van der Waals surface area contributed by atoms with E-state index < -0.39 is 0 Å². The lowest BCUT2D eigenvalue weighted by molar-refractivity contribution is -0.106. The van der Waals surface area contributed by atoms with Crippen LogP contribution in [0.5, 0.6) is 0 Å². The average Bonchev–Trinajstić information content (AvgIpc) is 2.25. The Labute approximate surface area is 93.0 Å². The highest BCUT2D eigenvalue weighted by atomic mass is 35.5. The van der Waals surface area contributed by atoms with E-state index in [4.69, 9.17) is 16.9 Å². The van der Waals surface area contributed by atoms with E-state index in [0.717, 1.165) is 5.56 Å². The second kappa shape index (κ2) is 5.94. The first-order valence-electron chi connectivity index (χ1n) is 4.37. The van der Waals surface area contributed by atoms with Gasteiger partial charge in [0, 0.05) is 5.02 Å². The molecule has 0 saturated heterocycles. The fraction of sp³-hybridized carbons (Fsp3) is 0.182. The minimum Gasteiger partial charge on any atom is -0.301 e. The number of nitriles is 1. The topological polar surface area (TPSA) is 53.2 Å². The molecule has 0 aliphatic rings. The molecule has 0 N–H and O–H groups in total. The van der Waals surface area contributed by atoms with Crippen LogP contribution in [0.2, 0.25) is 5.02 Å². The maximum absolute atomic E-state index is 10.2. The molecule has 0 spiro atoms. The average molecular weight is 221 g/mol. The fourth-order valence-corrected chi connectivity index (χ4v) is 1.24. The van der Waals surface area contributed by atoms with Crippen LogP contribution in [0, 0.1) is 11.3 Å². The molecule has 0 aromatic heterocycles. The third-order valence-corrected chi connectivity index (χ3v) is 2.03. The predicted molar refractivity (Wildman–Crippen MR) is 59.2 cm³/mol. The van der Waals surface area contributed by atoms with Gasteiger partial charge in [-0.05, 0) is 17.7 Å². The Hall–Kier alpha value is -1.66. The minimum atomic E-state index is 0.0830. The van der Waals surface area contributed by atoms with Crippen LogP contribution in [0.1, 0.15) is 12.0 Å². The zero-order chi connectivity index (χ0) is 11.1. The smallest absolute Gasteiger partial charge is 0.141 e. The van der Waals surface area contributed by atoms with Crippen molar-refractivity contribution in [1.29, 1.82) is 5.26 Å². The quantitative estimate of drug-likeness (QED) is 0.577. The lowest BCUT2D eigenvalue weighted by Gasteiger charge is -2.01. The van der Waals surface area contributed by atoms with Crippen LogP contribution in [0.3, 0.4) is 0 Å². The maximum atomic E-state index is 10.2. The highest BCUT2D eigenvalue weighted by Crippen LogP contribution is 2.11. The van der Waals surface area contributed by atoms with Gasteiger partial charge in [0.15, 0.2) is 0 Å². The number of aldehydes is 1. The van der Waals surface area contributed by atoms with Crippen molar-refractivity contribution in [3.8, 4) is 6.07 Å². The molecule has 0 aliphatic heterocycles. The van der Waals surface area contributed by atoms with Gasteiger partial charge in [-0.3, -0.25) is 4.99 Å². The van der Waals surface area contributed by atoms with Gasteiger partial charge in [-0.1, -0.05) is 23.7 Å². The molecule has 0 amide bonds. The molecule has 0 saturated carbocycles. The third kappa shape index (κ3) is 3.53. The zero-order valence-electron chi connectivity index (χ0n) is 7.98. The molecule has 0 bridgehead atoms. The Morgan fingerprint density at radius 1 is 1.47 bits per heavy atom. The Morgan fingerprint density at radius 3 is 2.67 bits per heavy atom. The number of benzene rings is 1. The molecular weight excluding hydrogens is 212 g/mol. The first-order chi connectivity index (χ1) is 7.27. The van der Waals surface area contributed by atoms with Gasteiger partial charge in [-0.15, -0.1) is 0 Å². The summed E-state index contributed by atoms with van der Waals surface area (Å²) in [5.41, 5.74) is 1.43. The highest BCUT2D eigenvalue weighted by molar-refractivity contribution is 6.30. The first-order valence-corrected chi connectivity index (χ1v) is 4.75. The number of aliphatic imine (C=N–C) groups is 1. The summed E-state index contributed by atoms with van der Waals surface area (Å²) in [7, 11) is 0. The van der Waals surface area contributed by atoms with Crippen molar-refractivity contribution in [3.05, 3.63) is 34.9 Å². The molecule has 1 aromatic rings. The fourth-order valence-electron chi connectivity index (χ4n) is 1.11. The summed E-state index contributed by atoms with van der Waals surface area (Å²) in [6.45, 7) is 0.0830. The van der Waals surface area contributed by atoms with Gasteiger partial charge in [0.05, 0.1) is 24.7 Å². The van der Waals surface area contributed by atoms with E-state index >= 15 is 0 Å². The maximum Gasteiger partial charge on any atom is 0.141 e. The van der Waals surface area contributed by atoms with Crippen LogP contribution in [-0.2, 0) is 4.79 Å². The number of hydrogen-bond acceptors (Lipinski definition) is 3. The van der Waals surface area contributed by atoms with E-state index in [9.17, 15) is 4.79 Å². The molecule has 3 nitrogen and oxygen atoms in total. The first kappa shape index (κ1) is 11.4. The molecule has 0 aliphatic carbocycles. The number of halogens is 1. The molecule has 15 heavy (non-hydrogen) atoms. The van der Waals surface area contributed by atoms with Crippen molar-refractivity contribution in [2.24, 2.45) is 4.99 Å². The van der Waals surface area contributed by atoms with E-state index in [0.29, 0.717) is 17.0 Å². The normalized spacial score (nSPS) is 10.8. The number of hydrogen-bond donors (Lipinski definition) is 0. The van der Waals surface area contributed by atoms with Crippen molar-refractivity contribution in [3.63, 3.8) is 0 Å². The van der Waals surface area contributed by atoms with Gasteiger partial charge in [0.1, 0.15) is 6.29 Å². The number of rotatable bonds is 4. The van der Waals surface area contributed by atoms with Gasteiger partial charge in [0.25, 0.3) is 0 Å². The van der Waals surface area contributed by atoms with E-state index in [2.05, 4.69) is 4.99 Å². The molecule has 1 rings (SSSR count). The summed E-state index contributed by atoms with van der Waals surface area (Å²) >= 11 is 5.74. The molecule has 0 heterocycles. The van der Waals surface area contributed by atoms with Crippen LogP contribution in [0.25, 0.3) is 0 Å². The van der Waals surface area contributed by atoms with Crippen molar-refractivity contribution >= 4 is 23.6 Å². The van der Waals surface area contributed by atoms with Gasteiger partial charge in [-0.25, -0.2) is 0 Å². The standard InChI is InChI=1S/C11H9ClN2O/c12-10-3-1-9(2-4-10)11(5-6-13)14-7-8-15/h1-4,8H,5,7H2. The molecular formula is C11H9ClN2O. The van der Waals surface area contributed by atoms with Gasteiger partial charge >= 0.3 is 0 Å². The largest absolute Gasteiger partial charge is 0.301 e. The number of nitrogens with zero attached hydrogens (tertiary/aromatic N) is 2. The molecule has 76 valence electrons.